The summed E-state index contributed by atoms with van der Waals surface area (Å²) in [6, 6.07) is 116. The second kappa shape index (κ2) is 19.8. The molecule has 0 amide bonds. The number of hydrogen-bond acceptors (Lipinski definition) is 2. The van der Waals surface area contributed by atoms with E-state index in [1.54, 1.807) is 0 Å². The summed E-state index contributed by atoms with van der Waals surface area (Å²) in [6.07, 6.45) is 0. The van der Waals surface area contributed by atoms with Crippen LogP contribution < -0.4 is 0 Å². The normalized spacial score (nSPS) is 12.0. The lowest BCUT2D eigenvalue weighted by Gasteiger charge is -2.21. The van der Waals surface area contributed by atoms with Crippen molar-refractivity contribution in [1.29, 1.82) is 0 Å². The predicted molar refractivity (Wildman–Crippen MR) is 382 cm³/mol. The molecular weight excluding hydrogens is 1090 g/mol. The third kappa shape index (κ3) is 7.52. The molecule has 0 aliphatic rings. The molecule has 2 heteroatoms. The molecule has 0 spiro atoms. The number of hydrogen-bond donors (Lipinski definition) is 0. The highest BCUT2D eigenvalue weighted by atomic mass is 16.3. The number of benzene rings is 17. The molecule has 0 radical (unpaired) electrons. The van der Waals surface area contributed by atoms with Crippen molar-refractivity contribution >= 4 is 119 Å². The number of fused-ring (bicyclic) bond motifs is 16. The minimum atomic E-state index is 0.847. The average molecular weight is 1140 g/mol. The molecule has 0 N–H and O–H groups in total. The molecule has 0 fully saturated rings. The highest BCUT2D eigenvalue weighted by Gasteiger charge is 2.25. The molecule has 0 aliphatic heterocycles. The summed E-state index contributed by atoms with van der Waals surface area (Å²) in [7, 11) is 0. The van der Waals surface area contributed by atoms with Crippen LogP contribution in [0.4, 0.5) is 0 Å². The van der Waals surface area contributed by atoms with Gasteiger partial charge in [-0.1, -0.05) is 279 Å². The molecule has 0 saturated heterocycles. The van der Waals surface area contributed by atoms with Gasteiger partial charge in [0.2, 0.25) is 0 Å². The molecule has 0 unspecified atom stereocenters. The zero-order valence-electron chi connectivity index (χ0n) is 48.8. The minimum absolute atomic E-state index is 0.847. The van der Waals surface area contributed by atoms with Gasteiger partial charge in [0.05, 0.1) is 0 Å². The van der Waals surface area contributed by atoms with Gasteiger partial charge >= 0.3 is 0 Å². The van der Waals surface area contributed by atoms with E-state index < -0.39 is 0 Å². The van der Waals surface area contributed by atoms with Crippen molar-refractivity contribution in [2.75, 3.05) is 0 Å². The fourth-order valence-corrected chi connectivity index (χ4v) is 15.4. The Morgan fingerprint density at radius 1 is 0.156 bits per heavy atom. The van der Waals surface area contributed by atoms with Gasteiger partial charge in [0.15, 0.2) is 0 Å². The van der Waals surface area contributed by atoms with Gasteiger partial charge in [0.1, 0.15) is 22.3 Å². The molecule has 2 heterocycles. The van der Waals surface area contributed by atoms with Gasteiger partial charge in [-0.25, -0.2) is 0 Å². The van der Waals surface area contributed by atoms with Crippen molar-refractivity contribution in [1.82, 2.24) is 0 Å². The first-order valence-corrected chi connectivity index (χ1v) is 31.0. The smallest absolute Gasteiger partial charge is 0.143 e. The van der Waals surface area contributed by atoms with E-state index in [-0.39, 0.29) is 0 Å². The van der Waals surface area contributed by atoms with E-state index in [9.17, 15) is 0 Å². The zero-order valence-corrected chi connectivity index (χ0v) is 48.8. The van der Waals surface area contributed by atoms with Crippen LogP contribution in [0.25, 0.3) is 197 Å². The summed E-state index contributed by atoms with van der Waals surface area (Å²) in [5.74, 6) is 0. The van der Waals surface area contributed by atoms with E-state index in [1.807, 2.05) is 6.07 Å². The standard InChI is InChI=1S/C88H52O2/c1-2-22-53(23-3-1)57-24-4-9-30-66(57)84-71-35-14-16-37-73(71)86(74-38-17-15-36-72(74)84)76-40-20-41-77-87-58(39-21-43-81(87)90-88(76)77)54-45-49-75(78(50-54)55-44-47-63-61-27-6-5-25-59(61)60-26-7-8-28-62(60)79(63)51-55)85-69-33-12-10-31-67(69)83(68-32-11-13-34-70(68)85)56-46-48-65-64-29-18-19-42-80(64)89-82(65)52-56/h1-52H. The highest BCUT2D eigenvalue weighted by Crippen LogP contribution is 2.52. The van der Waals surface area contributed by atoms with Crippen molar-refractivity contribution < 1.29 is 8.83 Å². The van der Waals surface area contributed by atoms with Crippen LogP contribution in [0.2, 0.25) is 0 Å². The van der Waals surface area contributed by atoms with Gasteiger partial charge < -0.3 is 8.83 Å². The van der Waals surface area contributed by atoms with Crippen LogP contribution in [0.5, 0.6) is 0 Å². The molecule has 19 rings (SSSR count). The monoisotopic (exact) mass is 1140 g/mol. The Kier molecular flexibility index (Phi) is 11.1. The van der Waals surface area contributed by atoms with Crippen LogP contribution in [-0.4, -0.2) is 0 Å². The van der Waals surface area contributed by atoms with Crippen LogP contribution in [-0.2, 0) is 0 Å². The quantitative estimate of drug-likeness (QED) is 0.117. The number of para-hydroxylation sites is 2. The van der Waals surface area contributed by atoms with Crippen LogP contribution in [0.3, 0.4) is 0 Å². The Labute approximate surface area is 518 Å². The maximum Gasteiger partial charge on any atom is 0.143 e. The Morgan fingerprint density at radius 3 is 1.17 bits per heavy atom. The van der Waals surface area contributed by atoms with E-state index in [0.29, 0.717) is 0 Å². The molecule has 0 aliphatic carbocycles. The van der Waals surface area contributed by atoms with Gasteiger partial charge in [-0.3, -0.25) is 0 Å². The van der Waals surface area contributed by atoms with Crippen LogP contribution in [0.1, 0.15) is 0 Å². The summed E-state index contributed by atoms with van der Waals surface area (Å²) in [5.41, 5.74) is 19.8. The summed E-state index contributed by atoms with van der Waals surface area (Å²) in [5, 5.41) is 21.4. The van der Waals surface area contributed by atoms with Crippen LogP contribution in [0, 0.1) is 0 Å². The second-order valence-corrected chi connectivity index (χ2v) is 24.0. The first kappa shape index (κ1) is 50.3. The fourth-order valence-electron chi connectivity index (χ4n) is 15.4. The fraction of sp³-hybridized carbons (Fsp3) is 0. The van der Waals surface area contributed by atoms with Crippen molar-refractivity contribution in [2.45, 2.75) is 0 Å². The predicted octanol–water partition coefficient (Wildman–Crippen LogP) is 25.2. The van der Waals surface area contributed by atoms with Gasteiger partial charge in [0, 0.05) is 32.7 Å². The molecule has 416 valence electrons. The summed E-state index contributed by atoms with van der Waals surface area (Å²) >= 11 is 0. The second-order valence-electron chi connectivity index (χ2n) is 24.0. The lowest BCUT2D eigenvalue weighted by Crippen LogP contribution is -1.94. The molecule has 2 nitrogen and oxygen atoms in total. The molecule has 90 heavy (non-hydrogen) atoms. The molecule has 0 saturated carbocycles. The third-order valence-corrected chi connectivity index (χ3v) is 19.3. The van der Waals surface area contributed by atoms with Gasteiger partial charge in [-0.05, 0) is 179 Å². The number of furan rings is 2. The summed E-state index contributed by atoms with van der Waals surface area (Å²) < 4.78 is 13.9. The Morgan fingerprint density at radius 2 is 0.544 bits per heavy atom. The SMILES string of the molecule is c1ccc(-c2ccccc2-c2c3ccccc3c(-c3cccc4c3oc3cccc(-c5ccc(-c6c7ccccc7c(-c7ccc8c(c7)oc7ccccc78)c7ccccc67)c(-c6ccc7c8ccccc8c8ccccc8c7c6)c5)c34)c3ccccc23)cc1. The van der Waals surface area contributed by atoms with Crippen molar-refractivity contribution in [3.05, 3.63) is 315 Å². The lowest BCUT2D eigenvalue weighted by atomic mass is 9.82. The van der Waals surface area contributed by atoms with E-state index in [2.05, 4.69) is 309 Å². The van der Waals surface area contributed by atoms with E-state index in [1.165, 1.54) is 109 Å². The van der Waals surface area contributed by atoms with Crippen molar-refractivity contribution in [3.8, 4) is 77.9 Å². The van der Waals surface area contributed by atoms with E-state index >= 15 is 0 Å². The first-order valence-electron chi connectivity index (χ1n) is 31.0. The van der Waals surface area contributed by atoms with E-state index in [0.717, 1.165) is 88.4 Å². The first-order chi connectivity index (χ1) is 44.7. The zero-order chi connectivity index (χ0) is 59.0. The third-order valence-electron chi connectivity index (χ3n) is 19.3. The largest absolute Gasteiger partial charge is 0.456 e. The molecule has 2 aromatic heterocycles. The minimum Gasteiger partial charge on any atom is -0.456 e. The van der Waals surface area contributed by atoms with Crippen molar-refractivity contribution in [2.24, 2.45) is 0 Å². The van der Waals surface area contributed by atoms with Crippen LogP contribution >= 0.6 is 0 Å². The molecule has 0 atom stereocenters. The van der Waals surface area contributed by atoms with Gasteiger partial charge in [-0.15, -0.1) is 0 Å². The van der Waals surface area contributed by atoms with Crippen LogP contribution in [0.15, 0.2) is 324 Å². The Bertz CT molecular complexity index is 6070. The van der Waals surface area contributed by atoms with E-state index in [4.69, 9.17) is 8.83 Å². The van der Waals surface area contributed by atoms with Crippen molar-refractivity contribution in [3.63, 3.8) is 0 Å². The maximum atomic E-state index is 7.30. The highest BCUT2D eigenvalue weighted by molar-refractivity contribution is 6.29. The Hall–Kier alpha value is -11.8. The molecule has 17 aromatic carbocycles. The molecule has 19 aromatic rings. The topological polar surface area (TPSA) is 26.3 Å². The summed E-state index contributed by atoms with van der Waals surface area (Å²) in [4.78, 5) is 0. The number of rotatable bonds is 7. The lowest BCUT2D eigenvalue weighted by molar-refractivity contribution is 0.669. The van der Waals surface area contributed by atoms with Gasteiger partial charge in [-0.2, -0.15) is 0 Å². The molecule has 0 bridgehead atoms. The maximum absolute atomic E-state index is 7.30. The summed E-state index contributed by atoms with van der Waals surface area (Å²) in [6.45, 7) is 0. The molecular formula is C88H52O2. The average Bonchev–Trinajstić information content (AvgIpc) is 1.03. The van der Waals surface area contributed by atoms with Gasteiger partial charge in [0.25, 0.3) is 0 Å². The Balaban J connectivity index is 0.849.